The topological polar surface area (TPSA) is 38.9 Å². The van der Waals surface area contributed by atoms with Crippen molar-refractivity contribution >= 4 is 5.69 Å². The first-order valence-corrected chi connectivity index (χ1v) is 4.97. The van der Waals surface area contributed by atoms with Gasteiger partial charge in [-0.15, -0.1) is 0 Å². The van der Waals surface area contributed by atoms with Gasteiger partial charge in [-0.05, 0) is 17.7 Å². The molecule has 0 spiro atoms. The molecule has 0 atom stereocenters. The van der Waals surface area contributed by atoms with Gasteiger partial charge in [-0.1, -0.05) is 18.2 Å². The molecule has 1 heterocycles. The quantitative estimate of drug-likeness (QED) is 0.626. The summed E-state index contributed by atoms with van der Waals surface area (Å²) in [6.45, 7) is 0. The lowest BCUT2D eigenvalue weighted by molar-refractivity contribution is -0.137. The Hall–Kier alpha value is -2.11. The predicted octanol–water partition coefficient (Wildman–Crippen LogP) is 3.49. The first-order valence-electron chi connectivity index (χ1n) is 4.97. The molecule has 1 aromatic heterocycles. The third-order valence-electron chi connectivity index (χ3n) is 2.41. The van der Waals surface area contributed by atoms with Gasteiger partial charge in [-0.25, -0.2) is 4.98 Å². The maximum absolute atomic E-state index is 12.9. The van der Waals surface area contributed by atoms with Crippen LogP contribution in [0.4, 0.5) is 23.2 Å². The molecule has 2 nitrogen and oxygen atoms in total. The zero-order valence-electron chi connectivity index (χ0n) is 9.00. The van der Waals surface area contributed by atoms with Crippen molar-refractivity contribution in [3.05, 3.63) is 48.0 Å². The van der Waals surface area contributed by atoms with Gasteiger partial charge in [0.15, 0.2) is 0 Å². The summed E-state index contributed by atoms with van der Waals surface area (Å²) < 4.78 is 51.3. The highest BCUT2D eigenvalue weighted by Crippen LogP contribution is 2.37. The van der Waals surface area contributed by atoms with E-state index in [0.29, 0.717) is 0 Å². The van der Waals surface area contributed by atoms with Crippen molar-refractivity contribution in [2.45, 2.75) is 6.18 Å². The molecule has 0 aliphatic heterocycles. The number of pyridine rings is 1. The molecule has 2 aromatic rings. The number of nitrogens with two attached hydrogens (primary N) is 1. The van der Waals surface area contributed by atoms with Crippen LogP contribution in [0.25, 0.3) is 11.1 Å². The molecule has 2 rings (SSSR count). The highest BCUT2D eigenvalue weighted by Gasteiger charge is 2.33. The highest BCUT2D eigenvalue weighted by molar-refractivity contribution is 5.70. The van der Waals surface area contributed by atoms with Crippen molar-refractivity contribution in [1.29, 1.82) is 0 Å². The SMILES string of the molecule is Nc1cc(-c2ccccc2C(F)(F)F)cnc1F. The van der Waals surface area contributed by atoms with Crippen LogP contribution in [0.15, 0.2) is 36.5 Å². The van der Waals surface area contributed by atoms with Crippen molar-refractivity contribution in [1.82, 2.24) is 4.98 Å². The number of halogens is 4. The van der Waals surface area contributed by atoms with Gasteiger partial charge < -0.3 is 5.73 Å². The minimum atomic E-state index is -4.49. The van der Waals surface area contributed by atoms with Gasteiger partial charge in [-0.3, -0.25) is 0 Å². The van der Waals surface area contributed by atoms with E-state index in [1.807, 2.05) is 0 Å². The average molecular weight is 256 g/mol. The van der Waals surface area contributed by atoms with Crippen molar-refractivity contribution in [2.75, 3.05) is 5.73 Å². The summed E-state index contributed by atoms with van der Waals surface area (Å²) in [4.78, 5) is 3.32. The number of nitrogen functional groups attached to an aromatic ring is 1. The molecular formula is C12H8F4N2. The second-order valence-corrected chi connectivity index (χ2v) is 3.65. The second-order valence-electron chi connectivity index (χ2n) is 3.65. The monoisotopic (exact) mass is 256 g/mol. The van der Waals surface area contributed by atoms with E-state index in [0.717, 1.165) is 18.3 Å². The molecule has 0 radical (unpaired) electrons. The summed E-state index contributed by atoms with van der Waals surface area (Å²) in [5.41, 5.74) is 4.25. The maximum Gasteiger partial charge on any atom is 0.417 e. The van der Waals surface area contributed by atoms with E-state index >= 15 is 0 Å². The summed E-state index contributed by atoms with van der Waals surface area (Å²) in [5.74, 6) is -0.900. The van der Waals surface area contributed by atoms with Crippen molar-refractivity contribution in [3.8, 4) is 11.1 Å². The summed E-state index contributed by atoms with van der Waals surface area (Å²) in [7, 11) is 0. The van der Waals surface area contributed by atoms with Crippen molar-refractivity contribution in [3.63, 3.8) is 0 Å². The first kappa shape index (κ1) is 12.3. The lowest BCUT2D eigenvalue weighted by atomic mass is 10.0. The standard InChI is InChI=1S/C12H8F4N2/c13-11-10(17)5-7(6-18-11)8-3-1-2-4-9(8)12(14,15)16/h1-6H,17H2. The van der Waals surface area contributed by atoms with Gasteiger partial charge in [-0.2, -0.15) is 17.6 Å². The second kappa shape index (κ2) is 4.29. The van der Waals surface area contributed by atoms with Crippen LogP contribution in [0, 0.1) is 5.95 Å². The number of aromatic nitrogens is 1. The van der Waals surface area contributed by atoms with Crippen LogP contribution in [0.5, 0.6) is 0 Å². The Morgan fingerprint density at radius 1 is 1.11 bits per heavy atom. The van der Waals surface area contributed by atoms with Gasteiger partial charge in [0, 0.05) is 11.8 Å². The molecule has 0 aliphatic carbocycles. The van der Waals surface area contributed by atoms with E-state index in [4.69, 9.17) is 5.73 Å². The lowest BCUT2D eigenvalue weighted by Crippen LogP contribution is -2.07. The highest BCUT2D eigenvalue weighted by atomic mass is 19.4. The third-order valence-corrected chi connectivity index (χ3v) is 2.41. The molecule has 1 aromatic carbocycles. The zero-order valence-corrected chi connectivity index (χ0v) is 9.00. The maximum atomic E-state index is 12.9. The molecule has 0 saturated heterocycles. The van der Waals surface area contributed by atoms with Gasteiger partial charge in [0.05, 0.1) is 11.3 Å². The number of alkyl halides is 3. The van der Waals surface area contributed by atoms with Crippen LogP contribution >= 0.6 is 0 Å². The van der Waals surface area contributed by atoms with E-state index in [1.54, 1.807) is 0 Å². The predicted molar refractivity (Wildman–Crippen MR) is 59.0 cm³/mol. The van der Waals surface area contributed by atoms with Crippen molar-refractivity contribution < 1.29 is 17.6 Å². The Bertz CT molecular complexity index is 579. The van der Waals surface area contributed by atoms with E-state index in [1.165, 1.54) is 18.2 Å². The molecule has 18 heavy (non-hydrogen) atoms. The summed E-state index contributed by atoms with van der Waals surface area (Å²) in [6.07, 6.45) is -3.46. The largest absolute Gasteiger partial charge is 0.417 e. The minimum absolute atomic E-state index is 0.0794. The van der Waals surface area contributed by atoms with Crippen LogP contribution in [0.3, 0.4) is 0 Å². The van der Waals surface area contributed by atoms with Gasteiger partial charge in [0.2, 0.25) is 5.95 Å². The number of nitrogens with zero attached hydrogens (tertiary/aromatic N) is 1. The van der Waals surface area contributed by atoms with E-state index < -0.39 is 17.7 Å². The van der Waals surface area contributed by atoms with Gasteiger partial charge in [0.1, 0.15) is 0 Å². The Labute approximate surface area is 100 Å². The number of hydrogen-bond donors (Lipinski definition) is 1. The van der Waals surface area contributed by atoms with Gasteiger partial charge >= 0.3 is 6.18 Å². The fourth-order valence-corrected chi connectivity index (χ4v) is 1.59. The molecule has 6 heteroatoms. The zero-order chi connectivity index (χ0) is 13.3. The number of benzene rings is 1. The molecule has 0 aliphatic rings. The minimum Gasteiger partial charge on any atom is -0.395 e. The molecule has 0 amide bonds. The molecule has 0 bridgehead atoms. The lowest BCUT2D eigenvalue weighted by Gasteiger charge is -2.12. The molecule has 0 saturated carbocycles. The smallest absolute Gasteiger partial charge is 0.395 e. The third kappa shape index (κ3) is 2.27. The summed E-state index contributed by atoms with van der Waals surface area (Å²) in [6, 6.07) is 6.12. The molecule has 0 fully saturated rings. The van der Waals surface area contributed by atoms with Crippen molar-refractivity contribution in [2.24, 2.45) is 0 Å². The average Bonchev–Trinajstić information content (AvgIpc) is 2.32. The fraction of sp³-hybridized carbons (Fsp3) is 0.0833. The number of rotatable bonds is 1. The van der Waals surface area contributed by atoms with E-state index in [9.17, 15) is 17.6 Å². The summed E-state index contributed by atoms with van der Waals surface area (Å²) >= 11 is 0. The molecule has 2 N–H and O–H groups in total. The Balaban J connectivity index is 2.61. The van der Waals surface area contributed by atoms with Gasteiger partial charge in [0.25, 0.3) is 0 Å². The molecule has 94 valence electrons. The Morgan fingerprint density at radius 2 is 1.78 bits per heavy atom. The van der Waals surface area contributed by atoms with Crippen LogP contribution in [-0.4, -0.2) is 4.98 Å². The number of anilines is 1. The normalized spacial score (nSPS) is 11.6. The number of hydrogen-bond acceptors (Lipinski definition) is 2. The van der Waals surface area contributed by atoms with Crippen LogP contribution < -0.4 is 5.73 Å². The first-order chi connectivity index (χ1) is 8.39. The Morgan fingerprint density at radius 3 is 2.39 bits per heavy atom. The van der Waals surface area contributed by atoms with Crippen LogP contribution in [-0.2, 0) is 6.18 Å². The molecule has 0 unspecified atom stereocenters. The fourth-order valence-electron chi connectivity index (χ4n) is 1.59. The van der Waals surface area contributed by atoms with Crippen LogP contribution in [0.2, 0.25) is 0 Å². The van der Waals surface area contributed by atoms with E-state index in [2.05, 4.69) is 4.98 Å². The van der Waals surface area contributed by atoms with E-state index in [-0.39, 0.29) is 16.8 Å². The van der Waals surface area contributed by atoms with Crippen LogP contribution in [0.1, 0.15) is 5.56 Å². The Kier molecular flexibility index (Phi) is 2.94. The summed E-state index contributed by atoms with van der Waals surface area (Å²) in [5, 5.41) is 0. The molecular weight excluding hydrogens is 248 g/mol.